The van der Waals surface area contributed by atoms with Crippen LogP contribution in [0.3, 0.4) is 0 Å². The zero-order chi connectivity index (χ0) is 16.8. The standard InChI is InChI=1S/C8H10O.C7H8O.2C2H6/c1-6-3-4-8(9)7(2)5-6;1-6-3-2-4-7(8)5-6;2*1-2/h3-5,9H,1-2H3;2-5,8H,1H3;2*1-2H3. The van der Waals surface area contributed by atoms with Crippen LogP contribution in [0, 0.1) is 20.8 Å². The van der Waals surface area contributed by atoms with E-state index in [-0.39, 0.29) is 0 Å². The molecule has 0 atom stereocenters. The normalized spacial score (nSPS) is 8.14. The monoisotopic (exact) mass is 290 g/mol. The minimum atomic E-state index is 0.338. The molecule has 2 heteroatoms. The summed E-state index contributed by atoms with van der Waals surface area (Å²) >= 11 is 0. The van der Waals surface area contributed by atoms with Gasteiger partial charge in [0.1, 0.15) is 11.5 Å². The lowest BCUT2D eigenvalue weighted by molar-refractivity contribution is 0.471. The molecule has 21 heavy (non-hydrogen) atoms. The van der Waals surface area contributed by atoms with Crippen LogP contribution in [-0.2, 0) is 0 Å². The summed E-state index contributed by atoms with van der Waals surface area (Å²) in [6.45, 7) is 13.8. The molecule has 0 aromatic heterocycles. The third-order valence-electron chi connectivity index (χ3n) is 2.35. The summed E-state index contributed by atoms with van der Waals surface area (Å²) in [5.41, 5.74) is 3.21. The van der Waals surface area contributed by atoms with Gasteiger partial charge < -0.3 is 10.2 Å². The molecule has 2 N–H and O–H groups in total. The summed E-state index contributed by atoms with van der Waals surface area (Å²) < 4.78 is 0. The van der Waals surface area contributed by atoms with E-state index in [2.05, 4.69) is 0 Å². The van der Waals surface area contributed by atoms with Crippen LogP contribution in [0.5, 0.6) is 11.5 Å². The highest BCUT2D eigenvalue weighted by Crippen LogP contribution is 2.15. The summed E-state index contributed by atoms with van der Waals surface area (Å²) in [4.78, 5) is 0. The van der Waals surface area contributed by atoms with Crippen molar-refractivity contribution in [2.24, 2.45) is 0 Å². The zero-order valence-corrected chi connectivity index (χ0v) is 14.4. The predicted octanol–water partition coefficient (Wildman–Crippen LogP) is 5.76. The van der Waals surface area contributed by atoms with Gasteiger partial charge in [-0.05, 0) is 50.1 Å². The van der Waals surface area contributed by atoms with Crippen LogP contribution in [0.4, 0.5) is 0 Å². The van der Waals surface area contributed by atoms with Gasteiger partial charge in [-0.1, -0.05) is 57.5 Å². The van der Waals surface area contributed by atoms with Gasteiger partial charge >= 0.3 is 0 Å². The Labute approximate surface area is 130 Å². The van der Waals surface area contributed by atoms with Crippen molar-refractivity contribution in [1.82, 2.24) is 0 Å². The molecule has 118 valence electrons. The summed E-state index contributed by atoms with van der Waals surface area (Å²) in [5, 5.41) is 17.9. The topological polar surface area (TPSA) is 40.5 Å². The molecular weight excluding hydrogens is 260 g/mol. The number of phenolic OH excluding ortho intramolecular Hbond substituents is 2. The van der Waals surface area contributed by atoms with E-state index in [0.717, 1.165) is 11.1 Å². The molecule has 0 aliphatic rings. The predicted molar refractivity (Wildman–Crippen MR) is 93.1 cm³/mol. The van der Waals surface area contributed by atoms with Gasteiger partial charge in [0.2, 0.25) is 0 Å². The van der Waals surface area contributed by atoms with Crippen LogP contribution in [0.15, 0.2) is 42.5 Å². The minimum absolute atomic E-state index is 0.338. The first-order valence-electron chi connectivity index (χ1n) is 7.51. The summed E-state index contributed by atoms with van der Waals surface area (Å²) in [6.07, 6.45) is 0. The van der Waals surface area contributed by atoms with Gasteiger partial charge in [0.05, 0.1) is 0 Å². The Hall–Kier alpha value is -1.96. The fourth-order valence-electron chi connectivity index (χ4n) is 1.43. The number of aryl methyl sites for hydroxylation is 3. The molecule has 2 aromatic carbocycles. The highest BCUT2D eigenvalue weighted by atomic mass is 16.3. The summed E-state index contributed by atoms with van der Waals surface area (Å²) in [7, 11) is 0. The fourth-order valence-corrected chi connectivity index (χ4v) is 1.43. The molecule has 0 aliphatic carbocycles. The van der Waals surface area contributed by atoms with Crippen LogP contribution in [0.2, 0.25) is 0 Å². The molecule has 2 nitrogen and oxygen atoms in total. The molecule has 0 fully saturated rings. The van der Waals surface area contributed by atoms with Crippen molar-refractivity contribution in [2.45, 2.75) is 48.5 Å². The van der Waals surface area contributed by atoms with Crippen molar-refractivity contribution in [2.75, 3.05) is 0 Å². The third kappa shape index (κ3) is 10.5. The van der Waals surface area contributed by atoms with Crippen LogP contribution in [-0.4, -0.2) is 10.2 Å². The average Bonchev–Trinajstić information content (AvgIpc) is 2.48. The van der Waals surface area contributed by atoms with Gasteiger partial charge in [0.15, 0.2) is 0 Å². The van der Waals surface area contributed by atoms with E-state index < -0.39 is 0 Å². The highest BCUT2D eigenvalue weighted by molar-refractivity contribution is 5.34. The Morgan fingerprint density at radius 1 is 0.667 bits per heavy atom. The maximum atomic E-state index is 9.04. The first-order chi connectivity index (χ1) is 9.99. The van der Waals surface area contributed by atoms with Crippen molar-refractivity contribution in [3.63, 3.8) is 0 Å². The zero-order valence-electron chi connectivity index (χ0n) is 14.4. The third-order valence-corrected chi connectivity index (χ3v) is 2.35. The number of rotatable bonds is 0. The molecule has 2 rings (SSSR count). The summed E-state index contributed by atoms with van der Waals surface area (Å²) in [5.74, 6) is 0.714. The molecule has 0 unspecified atom stereocenters. The number of aromatic hydroxyl groups is 2. The van der Waals surface area contributed by atoms with Gasteiger partial charge in [-0.2, -0.15) is 0 Å². The Balaban J connectivity index is 0. The Morgan fingerprint density at radius 3 is 1.52 bits per heavy atom. The first-order valence-corrected chi connectivity index (χ1v) is 7.51. The van der Waals surface area contributed by atoms with Crippen LogP contribution in [0.25, 0.3) is 0 Å². The quantitative estimate of drug-likeness (QED) is 0.647. The lowest BCUT2D eigenvalue weighted by Crippen LogP contribution is -1.75. The van der Waals surface area contributed by atoms with Crippen molar-refractivity contribution < 1.29 is 10.2 Å². The van der Waals surface area contributed by atoms with E-state index in [4.69, 9.17) is 10.2 Å². The number of benzene rings is 2. The van der Waals surface area contributed by atoms with E-state index in [9.17, 15) is 0 Å². The fraction of sp³-hybridized carbons (Fsp3) is 0.368. The molecule has 0 saturated carbocycles. The molecule has 0 saturated heterocycles. The molecule has 0 amide bonds. The van der Waals surface area contributed by atoms with E-state index >= 15 is 0 Å². The minimum Gasteiger partial charge on any atom is -0.508 e. The first kappa shape index (κ1) is 21.3. The lowest BCUT2D eigenvalue weighted by atomic mass is 10.1. The van der Waals surface area contributed by atoms with Gasteiger partial charge in [-0.25, -0.2) is 0 Å². The molecule has 0 spiro atoms. The number of hydrogen-bond acceptors (Lipinski definition) is 2. The van der Waals surface area contributed by atoms with Gasteiger partial charge in [-0.3, -0.25) is 0 Å². The largest absolute Gasteiger partial charge is 0.508 e. The highest BCUT2D eigenvalue weighted by Gasteiger charge is 1.91. The molecule has 0 radical (unpaired) electrons. The van der Waals surface area contributed by atoms with Gasteiger partial charge in [-0.15, -0.1) is 0 Å². The molecule has 2 aromatic rings. The van der Waals surface area contributed by atoms with Crippen LogP contribution in [0.1, 0.15) is 44.4 Å². The SMILES string of the molecule is CC.CC.Cc1ccc(O)c(C)c1.Cc1cccc(O)c1. The molecule has 0 bridgehead atoms. The Bertz CT molecular complexity index is 473. The van der Waals surface area contributed by atoms with E-state index in [1.54, 1.807) is 18.2 Å². The van der Waals surface area contributed by atoms with Crippen molar-refractivity contribution >= 4 is 0 Å². The smallest absolute Gasteiger partial charge is 0.118 e. The van der Waals surface area contributed by atoms with E-state index in [1.165, 1.54) is 5.56 Å². The van der Waals surface area contributed by atoms with Crippen molar-refractivity contribution in [1.29, 1.82) is 0 Å². The number of phenols is 2. The van der Waals surface area contributed by atoms with Gasteiger partial charge in [0.25, 0.3) is 0 Å². The Morgan fingerprint density at radius 2 is 1.19 bits per heavy atom. The second-order valence-corrected chi connectivity index (χ2v) is 4.13. The van der Waals surface area contributed by atoms with E-state index in [1.807, 2.05) is 72.7 Å². The van der Waals surface area contributed by atoms with Crippen molar-refractivity contribution in [3.8, 4) is 11.5 Å². The maximum Gasteiger partial charge on any atom is 0.118 e. The second-order valence-electron chi connectivity index (χ2n) is 4.13. The van der Waals surface area contributed by atoms with Crippen molar-refractivity contribution in [3.05, 3.63) is 59.2 Å². The molecule has 0 heterocycles. The van der Waals surface area contributed by atoms with Crippen LogP contribution < -0.4 is 0 Å². The van der Waals surface area contributed by atoms with Crippen LogP contribution >= 0.6 is 0 Å². The summed E-state index contributed by atoms with van der Waals surface area (Å²) in [6, 6.07) is 12.7. The number of hydrogen-bond donors (Lipinski definition) is 2. The molecular formula is C19H30O2. The van der Waals surface area contributed by atoms with E-state index in [0.29, 0.717) is 11.5 Å². The molecule has 0 aliphatic heterocycles. The van der Waals surface area contributed by atoms with Gasteiger partial charge in [0, 0.05) is 0 Å². The Kier molecular flexibility index (Phi) is 13.3. The maximum absolute atomic E-state index is 9.04. The lowest BCUT2D eigenvalue weighted by Gasteiger charge is -1.97. The average molecular weight is 290 g/mol. The second kappa shape index (κ2) is 13.0.